The van der Waals surface area contributed by atoms with E-state index in [1.807, 2.05) is 6.08 Å². The number of aliphatic carboxylic acids is 1. The number of hydrogen-bond acceptors (Lipinski definition) is 9. The van der Waals surface area contributed by atoms with E-state index in [-0.39, 0.29) is 19.4 Å². The fourth-order valence-corrected chi connectivity index (χ4v) is 6.83. The first-order valence-corrected chi connectivity index (χ1v) is 24.8. The Bertz CT molecular complexity index is 1250. The van der Waals surface area contributed by atoms with Crippen molar-refractivity contribution in [1.82, 2.24) is 0 Å². The summed E-state index contributed by atoms with van der Waals surface area (Å²) in [6.45, 7) is 2.72. The zero-order valence-electron chi connectivity index (χ0n) is 37.5. The summed E-state index contributed by atoms with van der Waals surface area (Å²) in [6, 6.07) is -1.53. The average molecular weight is 866 g/mol. The summed E-state index contributed by atoms with van der Waals surface area (Å²) in [6.07, 6.45) is 50.0. The molecule has 346 valence electrons. The minimum Gasteiger partial charge on any atom is -0.480 e. The molecule has 0 spiro atoms. The monoisotopic (exact) mass is 866 g/mol. The molecular formula is C48H84NO10P. The molecule has 0 aromatic rings. The van der Waals surface area contributed by atoms with Gasteiger partial charge in [0.15, 0.2) is 6.10 Å². The zero-order valence-corrected chi connectivity index (χ0v) is 38.4. The van der Waals surface area contributed by atoms with E-state index in [9.17, 15) is 23.8 Å². The third-order valence-corrected chi connectivity index (χ3v) is 10.7. The number of unbranched alkanes of at least 4 members (excludes halogenated alkanes) is 19. The summed E-state index contributed by atoms with van der Waals surface area (Å²) in [5, 5.41) is 8.90. The van der Waals surface area contributed by atoms with Gasteiger partial charge in [0.25, 0.3) is 0 Å². The van der Waals surface area contributed by atoms with Gasteiger partial charge in [-0.1, -0.05) is 164 Å². The van der Waals surface area contributed by atoms with Crippen LogP contribution in [0.25, 0.3) is 0 Å². The van der Waals surface area contributed by atoms with Gasteiger partial charge in [-0.15, -0.1) is 0 Å². The van der Waals surface area contributed by atoms with Crippen molar-refractivity contribution in [2.75, 3.05) is 19.8 Å². The lowest BCUT2D eigenvalue weighted by Crippen LogP contribution is -2.34. The van der Waals surface area contributed by atoms with Crippen LogP contribution in [0.15, 0.2) is 60.8 Å². The van der Waals surface area contributed by atoms with E-state index in [0.717, 1.165) is 51.4 Å². The maximum absolute atomic E-state index is 12.7. The van der Waals surface area contributed by atoms with Crippen LogP contribution in [0.4, 0.5) is 0 Å². The molecule has 0 rings (SSSR count). The Labute approximate surface area is 364 Å². The Balaban J connectivity index is 4.40. The molecule has 0 heterocycles. The van der Waals surface area contributed by atoms with Crippen molar-refractivity contribution in [3.63, 3.8) is 0 Å². The van der Waals surface area contributed by atoms with Crippen LogP contribution in [0.3, 0.4) is 0 Å². The molecule has 0 radical (unpaired) electrons. The van der Waals surface area contributed by atoms with E-state index >= 15 is 0 Å². The van der Waals surface area contributed by atoms with Crippen molar-refractivity contribution in [3.05, 3.63) is 60.8 Å². The smallest absolute Gasteiger partial charge is 0.472 e. The first kappa shape index (κ1) is 57.2. The van der Waals surface area contributed by atoms with Gasteiger partial charge < -0.3 is 25.2 Å². The summed E-state index contributed by atoms with van der Waals surface area (Å²) < 4.78 is 32.7. The van der Waals surface area contributed by atoms with Crippen molar-refractivity contribution in [3.8, 4) is 0 Å². The normalized spacial score (nSPS) is 14.2. The lowest BCUT2D eigenvalue weighted by atomic mass is 10.1. The number of carboxylic acids is 1. The van der Waals surface area contributed by atoms with Crippen LogP contribution in [0, 0.1) is 0 Å². The molecule has 0 saturated heterocycles. The highest BCUT2D eigenvalue weighted by atomic mass is 31.2. The summed E-state index contributed by atoms with van der Waals surface area (Å²) >= 11 is 0. The minimum atomic E-state index is -4.73. The number of esters is 2. The molecule has 0 aromatic carbocycles. The first-order chi connectivity index (χ1) is 29.1. The lowest BCUT2D eigenvalue weighted by Gasteiger charge is -2.20. The second-order valence-corrected chi connectivity index (χ2v) is 17.0. The van der Waals surface area contributed by atoms with E-state index in [0.29, 0.717) is 19.3 Å². The fourth-order valence-electron chi connectivity index (χ4n) is 6.05. The molecule has 0 aromatic heterocycles. The molecule has 12 heteroatoms. The predicted octanol–water partition coefficient (Wildman–Crippen LogP) is 12.7. The number of carboxylic acid groups (broad SMARTS) is 1. The number of phosphoric ester groups is 1. The van der Waals surface area contributed by atoms with Crippen molar-refractivity contribution >= 4 is 25.7 Å². The highest BCUT2D eigenvalue weighted by Crippen LogP contribution is 2.43. The Kier molecular flexibility index (Phi) is 40.8. The molecule has 11 nitrogen and oxygen atoms in total. The van der Waals surface area contributed by atoms with Gasteiger partial charge >= 0.3 is 25.7 Å². The number of allylic oxidation sites excluding steroid dienone is 10. The van der Waals surface area contributed by atoms with Gasteiger partial charge in [-0.3, -0.25) is 23.4 Å². The Morgan fingerprint density at radius 3 is 1.40 bits per heavy atom. The third-order valence-electron chi connectivity index (χ3n) is 9.74. The molecule has 3 atom stereocenters. The minimum absolute atomic E-state index is 0.144. The van der Waals surface area contributed by atoms with Crippen molar-refractivity contribution < 1.29 is 47.5 Å². The molecule has 0 bridgehead atoms. The van der Waals surface area contributed by atoms with Gasteiger partial charge in [-0.25, -0.2) is 4.57 Å². The third kappa shape index (κ3) is 41.9. The second-order valence-electron chi connectivity index (χ2n) is 15.5. The average Bonchev–Trinajstić information content (AvgIpc) is 3.22. The van der Waals surface area contributed by atoms with Crippen LogP contribution < -0.4 is 5.73 Å². The quantitative estimate of drug-likeness (QED) is 0.0230. The maximum atomic E-state index is 12.7. The number of ether oxygens (including phenoxy) is 2. The van der Waals surface area contributed by atoms with Crippen molar-refractivity contribution in [2.24, 2.45) is 5.73 Å². The number of nitrogens with two attached hydrogens (primary N) is 1. The number of carbonyl (C=O) groups is 3. The van der Waals surface area contributed by atoms with Crippen LogP contribution in [0.2, 0.25) is 0 Å². The molecule has 0 amide bonds. The van der Waals surface area contributed by atoms with Crippen LogP contribution in [-0.4, -0.2) is 59.9 Å². The van der Waals surface area contributed by atoms with Crippen molar-refractivity contribution in [2.45, 2.75) is 206 Å². The van der Waals surface area contributed by atoms with E-state index in [4.69, 9.17) is 24.8 Å². The van der Waals surface area contributed by atoms with Gasteiger partial charge in [-0.05, 0) is 77.0 Å². The number of phosphoric acid groups is 1. The highest BCUT2D eigenvalue weighted by molar-refractivity contribution is 7.47. The molecule has 4 N–H and O–H groups in total. The van der Waals surface area contributed by atoms with Gasteiger partial charge in [0, 0.05) is 12.8 Å². The lowest BCUT2D eigenvalue weighted by molar-refractivity contribution is -0.161. The molecule has 0 saturated carbocycles. The number of rotatable bonds is 43. The van der Waals surface area contributed by atoms with Crippen LogP contribution in [0.1, 0.15) is 194 Å². The topological polar surface area (TPSA) is 172 Å². The summed E-state index contributed by atoms with van der Waals surface area (Å²) in [5.41, 5.74) is 5.34. The van der Waals surface area contributed by atoms with Crippen LogP contribution in [0.5, 0.6) is 0 Å². The van der Waals surface area contributed by atoms with Gasteiger partial charge in [0.1, 0.15) is 12.6 Å². The molecule has 0 fully saturated rings. The van der Waals surface area contributed by atoms with Crippen LogP contribution in [-0.2, 0) is 37.5 Å². The van der Waals surface area contributed by atoms with E-state index in [2.05, 4.69) is 73.1 Å². The summed E-state index contributed by atoms with van der Waals surface area (Å²) in [5.74, 6) is -2.45. The standard InChI is InChI=1S/C48H84NO10P/c1-3-5-7-9-11-13-15-17-19-21-22-24-26-28-30-32-34-36-38-40-47(51)59-44(42-57-60(54,55)58-43-45(49)48(52)53)41-56-46(50)39-37-35-33-31-29-27-25-23-20-18-16-14-12-10-8-6-4-2/h11,13,17-20,25,27,31,33,44-45H,3-10,12,14-16,21-24,26,28-30,32,34-43,49H2,1-2H3,(H,52,53)(H,54,55)/b13-11-,19-17-,20-18-,27-25-,33-31-/t44-,45+/m1/s1. The zero-order chi connectivity index (χ0) is 44.2. The Hall–Kier alpha value is -2.82. The summed E-state index contributed by atoms with van der Waals surface area (Å²) in [4.78, 5) is 46.0. The largest absolute Gasteiger partial charge is 0.480 e. The molecule has 0 aliphatic heterocycles. The van der Waals surface area contributed by atoms with Gasteiger partial charge in [0.05, 0.1) is 13.2 Å². The molecule has 0 aliphatic carbocycles. The Morgan fingerprint density at radius 1 is 0.517 bits per heavy atom. The number of hydrogen-bond donors (Lipinski definition) is 3. The molecule has 0 aliphatic rings. The van der Waals surface area contributed by atoms with Gasteiger partial charge in [0.2, 0.25) is 0 Å². The van der Waals surface area contributed by atoms with E-state index in [1.165, 1.54) is 96.3 Å². The van der Waals surface area contributed by atoms with Gasteiger partial charge in [-0.2, -0.15) is 0 Å². The second kappa shape index (κ2) is 42.9. The predicted molar refractivity (Wildman–Crippen MR) is 245 cm³/mol. The first-order valence-electron chi connectivity index (χ1n) is 23.3. The maximum Gasteiger partial charge on any atom is 0.472 e. The fraction of sp³-hybridized carbons (Fsp3) is 0.729. The Morgan fingerprint density at radius 2 is 0.900 bits per heavy atom. The molecular weight excluding hydrogens is 781 g/mol. The van der Waals surface area contributed by atoms with Crippen molar-refractivity contribution in [1.29, 1.82) is 0 Å². The van der Waals surface area contributed by atoms with Crippen LogP contribution >= 0.6 is 7.82 Å². The molecule has 1 unspecified atom stereocenters. The molecule has 60 heavy (non-hydrogen) atoms. The number of carbonyl (C=O) groups excluding carboxylic acids is 2. The van der Waals surface area contributed by atoms with E-state index < -0.39 is 51.1 Å². The summed E-state index contributed by atoms with van der Waals surface area (Å²) in [7, 11) is -4.73. The SMILES string of the molecule is CCCCC/C=C\C/C=C\CCCCCCCCCCCC(=O)O[C@H](COC(=O)CCC/C=C\C/C=C\C/C=C\CCCCCCCC)COP(=O)(O)OC[C@H](N)C(=O)O. The van der Waals surface area contributed by atoms with E-state index in [1.54, 1.807) is 0 Å². The highest BCUT2D eigenvalue weighted by Gasteiger charge is 2.28.